The minimum atomic E-state index is 0.513. The molecule has 0 bridgehead atoms. The van der Waals surface area contributed by atoms with Crippen LogP contribution >= 0.6 is 11.3 Å². The zero-order chi connectivity index (χ0) is 11.1. The molecule has 0 saturated heterocycles. The molecule has 1 aromatic rings. The number of ether oxygens (including phenoxy) is 1. The molecule has 15 heavy (non-hydrogen) atoms. The van der Waals surface area contributed by atoms with Crippen molar-refractivity contribution in [3.05, 3.63) is 11.1 Å². The largest absolute Gasteiger partial charge is 0.380 e. The number of hydrogen-bond donors (Lipinski definition) is 1. The Morgan fingerprint density at radius 2 is 2.33 bits per heavy atom. The number of nitrogens with zero attached hydrogens (tertiary/aromatic N) is 2. The van der Waals surface area contributed by atoms with Crippen LogP contribution in [0.5, 0.6) is 0 Å². The molecule has 5 heteroatoms. The third-order valence-electron chi connectivity index (χ3n) is 2.11. The molecule has 86 valence electrons. The summed E-state index contributed by atoms with van der Waals surface area (Å²) in [6.45, 7) is 8.00. The van der Waals surface area contributed by atoms with E-state index in [1.165, 1.54) is 0 Å². The van der Waals surface area contributed by atoms with E-state index < -0.39 is 0 Å². The number of anilines is 1. The Hall–Kier alpha value is -0.650. The third-order valence-corrected chi connectivity index (χ3v) is 3.06. The van der Waals surface area contributed by atoms with Crippen molar-refractivity contribution in [2.45, 2.75) is 20.4 Å². The topological polar surface area (TPSA) is 51.4 Å². The molecular weight excluding hydrogens is 210 g/mol. The van der Waals surface area contributed by atoms with Gasteiger partial charge in [-0.2, -0.15) is 0 Å². The molecule has 0 fully saturated rings. The maximum Gasteiger partial charge on any atom is 0.185 e. The Morgan fingerprint density at radius 1 is 1.53 bits per heavy atom. The van der Waals surface area contributed by atoms with Crippen LogP contribution < -0.4 is 10.6 Å². The Morgan fingerprint density at radius 3 is 2.87 bits per heavy atom. The van der Waals surface area contributed by atoms with Crippen LogP contribution in [0, 0.1) is 0 Å². The van der Waals surface area contributed by atoms with Gasteiger partial charge in [-0.05, 0) is 13.8 Å². The lowest BCUT2D eigenvalue weighted by atomic mass is 10.5. The van der Waals surface area contributed by atoms with Gasteiger partial charge >= 0.3 is 0 Å². The van der Waals surface area contributed by atoms with Gasteiger partial charge in [0.15, 0.2) is 5.13 Å². The zero-order valence-corrected chi connectivity index (χ0v) is 10.2. The molecular formula is C10H19N3OS. The van der Waals surface area contributed by atoms with Crippen LogP contribution in [0.3, 0.4) is 0 Å². The van der Waals surface area contributed by atoms with Crippen molar-refractivity contribution in [3.63, 3.8) is 0 Å². The number of likely N-dealkylation sites (N-methyl/N-ethyl adjacent to an activating group) is 1. The average Bonchev–Trinajstić information content (AvgIpc) is 2.73. The molecule has 0 aliphatic rings. The van der Waals surface area contributed by atoms with Crippen LogP contribution in [0.15, 0.2) is 5.38 Å². The van der Waals surface area contributed by atoms with Gasteiger partial charge in [-0.15, -0.1) is 11.3 Å². The first-order valence-corrected chi connectivity index (χ1v) is 6.16. The van der Waals surface area contributed by atoms with Crippen molar-refractivity contribution in [2.24, 2.45) is 5.73 Å². The van der Waals surface area contributed by atoms with Gasteiger partial charge in [0.05, 0.1) is 12.3 Å². The summed E-state index contributed by atoms with van der Waals surface area (Å²) in [7, 11) is 0. The van der Waals surface area contributed by atoms with Crippen LogP contribution in [0.1, 0.15) is 19.5 Å². The van der Waals surface area contributed by atoms with Gasteiger partial charge in [-0.25, -0.2) is 4.98 Å². The third kappa shape index (κ3) is 3.77. The van der Waals surface area contributed by atoms with E-state index in [1.807, 2.05) is 12.3 Å². The molecule has 4 nitrogen and oxygen atoms in total. The normalized spacial score (nSPS) is 10.6. The molecule has 0 aromatic carbocycles. The summed E-state index contributed by atoms with van der Waals surface area (Å²) in [5, 5.41) is 3.05. The van der Waals surface area contributed by atoms with Crippen LogP contribution in [0.2, 0.25) is 0 Å². The van der Waals surface area contributed by atoms with E-state index in [0.29, 0.717) is 6.54 Å². The number of thiazole rings is 1. The van der Waals surface area contributed by atoms with Crippen LogP contribution in [-0.4, -0.2) is 31.3 Å². The molecule has 0 amide bonds. The van der Waals surface area contributed by atoms with E-state index >= 15 is 0 Å². The highest BCUT2D eigenvalue weighted by Crippen LogP contribution is 2.19. The molecule has 0 unspecified atom stereocenters. The van der Waals surface area contributed by atoms with Crippen molar-refractivity contribution in [3.8, 4) is 0 Å². The fourth-order valence-electron chi connectivity index (χ4n) is 1.24. The molecule has 1 aromatic heterocycles. The molecule has 0 radical (unpaired) electrons. The second-order valence-electron chi connectivity index (χ2n) is 3.10. The summed E-state index contributed by atoms with van der Waals surface area (Å²) in [6, 6.07) is 0. The van der Waals surface area contributed by atoms with E-state index in [9.17, 15) is 0 Å². The number of aromatic nitrogens is 1. The maximum atomic E-state index is 5.53. The average molecular weight is 229 g/mol. The van der Waals surface area contributed by atoms with Crippen molar-refractivity contribution in [1.29, 1.82) is 0 Å². The first-order chi connectivity index (χ1) is 7.31. The second kappa shape index (κ2) is 6.76. The van der Waals surface area contributed by atoms with Crippen LogP contribution in [0.25, 0.3) is 0 Å². The first-order valence-electron chi connectivity index (χ1n) is 5.29. The molecule has 2 N–H and O–H groups in total. The predicted octanol–water partition coefficient (Wildman–Crippen LogP) is 1.46. The SMILES string of the molecule is CCOCCN(CC)c1nc(CN)cs1. The lowest BCUT2D eigenvalue weighted by Crippen LogP contribution is -2.27. The standard InChI is InChI=1S/C10H19N3OS/c1-3-13(5-6-14-4-2)10-12-9(7-11)8-15-10/h8H,3-7,11H2,1-2H3. The quantitative estimate of drug-likeness (QED) is 0.719. The molecule has 0 spiro atoms. The summed E-state index contributed by atoms with van der Waals surface area (Å²) in [4.78, 5) is 6.65. The number of nitrogens with two attached hydrogens (primary N) is 1. The number of hydrogen-bond acceptors (Lipinski definition) is 5. The predicted molar refractivity (Wildman–Crippen MR) is 64.4 cm³/mol. The van der Waals surface area contributed by atoms with E-state index in [1.54, 1.807) is 11.3 Å². The van der Waals surface area contributed by atoms with E-state index in [0.717, 1.165) is 37.1 Å². The molecule has 0 aliphatic carbocycles. The smallest absolute Gasteiger partial charge is 0.185 e. The highest BCUT2D eigenvalue weighted by atomic mass is 32.1. The number of rotatable bonds is 7. The monoisotopic (exact) mass is 229 g/mol. The Balaban J connectivity index is 2.49. The minimum Gasteiger partial charge on any atom is -0.380 e. The molecule has 0 saturated carbocycles. The minimum absolute atomic E-state index is 0.513. The van der Waals surface area contributed by atoms with Gasteiger partial charge in [0, 0.05) is 31.6 Å². The van der Waals surface area contributed by atoms with E-state index in [-0.39, 0.29) is 0 Å². The van der Waals surface area contributed by atoms with Crippen molar-refractivity contribution in [2.75, 3.05) is 31.2 Å². The highest BCUT2D eigenvalue weighted by molar-refractivity contribution is 7.13. The van der Waals surface area contributed by atoms with Gasteiger partial charge in [-0.1, -0.05) is 0 Å². The fraction of sp³-hybridized carbons (Fsp3) is 0.700. The van der Waals surface area contributed by atoms with Gasteiger partial charge in [0.1, 0.15) is 0 Å². The van der Waals surface area contributed by atoms with Gasteiger partial charge in [0.25, 0.3) is 0 Å². The van der Waals surface area contributed by atoms with E-state index in [4.69, 9.17) is 10.5 Å². The second-order valence-corrected chi connectivity index (χ2v) is 3.94. The van der Waals surface area contributed by atoms with Crippen molar-refractivity contribution >= 4 is 16.5 Å². The Labute approximate surface area is 95.1 Å². The molecule has 0 aliphatic heterocycles. The van der Waals surface area contributed by atoms with Gasteiger partial charge in [0.2, 0.25) is 0 Å². The fourth-order valence-corrected chi connectivity index (χ4v) is 2.17. The summed E-state index contributed by atoms with van der Waals surface area (Å²) < 4.78 is 5.33. The molecule has 1 rings (SSSR count). The first kappa shape index (κ1) is 12.4. The summed E-state index contributed by atoms with van der Waals surface area (Å²) in [6.07, 6.45) is 0. The van der Waals surface area contributed by atoms with Gasteiger partial charge < -0.3 is 15.4 Å². The maximum absolute atomic E-state index is 5.53. The van der Waals surface area contributed by atoms with Crippen LogP contribution in [0.4, 0.5) is 5.13 Å². The lowest BCUT2D eigenvalue weighted by Gasteiger charge is -2.19. The van der Waals surface area contributed by atoms with Gasteiger partial charge in [-0.3, -0.25) is 0 Å². The summed E-state index contributed by atoms with van der Waals surface area (Å²) >= 11 is 1.64. The van der Waals surface area contributed by atoms with Crippen molar-refractivity contribution < 1.29 is 4.74 Å². The lowest BCUT2D eigenvalue weighted by molar-refractivity contribution is 0.154. The molecule has 0 atom stereocenters. The summed E-state index contributed by atoms with van der Waals surface area (Å²) in [5.74, 6) is 0. The highest BCUT2D eigenvalue weighted by Gasteiger charge is 2.08. The Kier molecular flexibility index (Phi) is 5.60. The van der Waals surface area contributed by atoms with E-state index in [2.05, 4.69) is 16.8 Å². The summed E-state index contributed by atoms with van der Waals surface area (Å²) in [5.41, 5.74) is 6.49. The zero-order valence-electron chi connectivity index (χ0n) is 9.40. The Bertz CT molecular complexity index is 277. The molecule has 1 heterocycles. The van der Waals surface area contributed by atoms with Crippen LogP contribution in [-0.2, 0) is 11.3 Å². The van der Waals surface area contributed by atoms with Crippen molar-refractivity contribution in [1.82, 2.24) is 4.98 Å².